The van der Waals surface area contributed by atoms with E-state index in [-0.39, 0.29) is 18.6 Å². The van der Waals surface area contributed by atoms with Gasteiger partial charge in [-0.25, -0.2) is 4.79 Å². The summed E-state index contributed by atoms with van der Waals surface area (Å²) >= 11 is 0. The number of carbonyl (C=O) groups excluding carboxylic acids is 2. The zero-order valence-corrected chi connectivity index (χ0v) is 15.8. The molecule has 0 spiro atoms. The second-order valence-electron chi connectivity index (χ2n) is 7.31. The van der Waals surface area contributed by atoms with Gasteiger partial charge in [0.1, 0.15) is 6.61 Å². The number of hydrogen-bond acceptors (Lipinski definition) is 4. The number of anilines is 1. The Morgan fingerprint density at radius 2 is 1.89 bits per heavy atom. The van der Waals surface area contributed by atoms with Crippen molar-refractivity contribution in [2.24, 2.45) is 0 Å². The van der Waals surface area contributed by atoms with Crippen molar-refractivity contribution >= 4 is 17.7 Å². The molecule has 2 amide bonds. The smallest absolute Gasteiger partial charge is 0.407 e. The van der Waals surface area contributed by atoms with Gasteiger partial charge in [0.05, 0.1) is 6.04 Å². The van der Waals surface area contributed by atoms with Crippen molar-refractivity contribution in [3.63, 3.8) is 0 Å². The summed E-state index contributed by atoms with van der Waals surface area (Å²) in [5, 5.41) is 6.22. The predicted octanol–water partition coefficient (Wildman–Crippen LogP) is 2.41. The molecule has 4 rings (SSSR count). The topological polar surface area (TPSA) is 70.7 Å². The molecule has 2 aliphatic heterocycles. The Kier molecular flexibility index (Phi) is 5.58. The number of ether oxygens (including phenoxy) is 1. The van der Waals surface area contributed by atoms with Crippen molar-refractivity contribution in [2.45, 2.75) is 31.9 Å². The number of nitrogens with zero attached hydrogens (tertiary/aromatic N) is 1. The van der Waals surface area contributed by atoms with Crippen LogP contribution in [0.4, 0.5) is 10.5 Å². The number of benzene rings is 2. The molecule has 0 radical (unpaired) electrons. The van der Waals surface area contributed by atoms with Crippen LogP contribution in [0.3, 0.4) is 0 Å². The molecule has 146 valence electrons. The van der Waals surface area contributed by atoms with Crippen LogP contribution in [0.1, 0.15) is 23.1 Å². The molecular weight excluding hydrogens is 354 g/mol. The molecule has 1 fully saturated rings. The fraction of sp³-hybridized carbons (Fsp3) is 0.364. The molecule has 2 N–H and O–H groups in total. The first-order valence-corrected chi connectivity index (χ1v) is 9.79. The lowest BCUT2D eigenvalue weighted by Crippen LogP contribution is -2.37. The van der Waals surface area contributed by atoms with Gasteiger partial charge in [-0.2, -0.15) is 0 Å². The first-order valence-electron chi connectivity index (χ1n) is 9.79. The quantitative estimate of drug-likeness (QED) is 0.856. The lowest BCUT2D eigenvalue weighted by atomic mass is 10.0. The second kappa shape index (κ2) is 8.44. The van der Waals surface area contributed by atoms with Crippen LogP contribution in [-0.4, -0.2) is 37.7 Å². The van der Waals surface area contributed by atoms with Gasteiger partial charge in [0.2, 0.25) is 5.91 Å². The maximum atomic E-state index is 12.5. The average molecular weight is 379 g/mol. The molecule has 28 heavy (non-hydrogen) atoms. The Morgan fingerprint density at radius 1 is 1.11 bits per heavy atom. The van der Waals surface area contributed by atoms with Gasteiger partial charge in [0, 0.05) is 18.7 Å². The van der Waals surface area contributed by atoms with E-state index < -0.39 is 6.09 Å². The van der Waals surface area contributed by atoms with Gasteiger partial charge < -0.3 is 20.3 Å². The summed E-state index contributed by atoms with van der Waals surface area (Å²) in [6, 6.07) is 15.6. The molecule has 0 aliphatic carbocycles. The zero-order chi connectivity index (χ0) is 19.3. The fourth-order valence-electron chi connectivity index (χ4n) is 3.81. The predicted molar refractivity (Wildman–Crippen MR) is 107 cm³/mol. The molecule has 2 aromatic rings. The van der Waals surface area contributed by atoms with E-state index >= 15 is 0 Å². The van der Waals surface area contributed by atoms with Crippen molar-refractivity contribution in [1.82, 2.24) is 10.6 Å². The number of hydrogen-bond donors (Lipinski definition) is 2. The minimum atomic E-state index is -0.489. The summed E-state index contributed by atoms with van der Waals surface area (Å²) in [6.45, 7) is 2.64. The van der Waals surface area contributed by atoms with E-state index in [1.165, 1.54) is 11.1 Å². The van der Waals surface area contributed by atoms with E-state index in [9.17, 15) is 9.59 Å². The monoisotopic (exact) mass is 379 g/mol. The maximum absolute atomic E-state index is 12.5. The number of nitrogens with one attached hydrogen (secondary N) is 2. The standard InChI is InChI=1S/C22H25N3O3/c26-21-13-19(24-22(27)28-15-16-4-2-1-3-5-16)14-25(21)20-7-6-17-8-10-23-11-9-18(17)12-20/h1-7,12,19,23H,8-11,13-15H2,(H,24,27). The Labute approximate surface area is 164 Å². The Hall–Kier alpha value is -2.86. The highest BCUT2D eigenvalue weighted by Gasteiger charge is 2.32. The SMILES string of the molecule is O=C(NC1CC(=O)N(c2ccc3c(c2)CCNCC3)C1)OCc1ccccc1. The third kappa shape index (κ3) is 4.34. The first kappa shape index (κ1) is 18.5. The molecule has 1 saturated heterocycles. The maximum Gasteiger partial charge on any atom is 0.407 e. The minimum absolute atomic E-state index is 0.0278. The first-order chi connectivity index (χ1) is 13.7. The van der Waals surface area contributed by atoms with Crippen molar-refractivity contribution < 1.29 is 14.3 Å². The highest BCUT2D eigenvalue weighted by molar-refractivity contribution is 5.96. The van der Waals surface area contributed by atoms with E-state index in [0.717, 1.165) is 37.2 Å². The molecule has 0 saturated carbocycles. The Bertz CT molecular complexity index is 853. The highest BCUT2D eigenvalue weighted by atomic mass is 16.5. The van der Waals surface area contributed by atoms with E-state index in [2.05, 4.69) is 22.8 Å². The van der Waals surface area contributed by atoms with Crippen LogP contribution >= 0.6 is 0 Å². The number of amides is 2. The number of rotatable bonds is 4. The van der Waals surface area contributed by atoms with Crippen LogP contribution in [0.2, 0.25) is 0 Å². The third-order valence-electron chi connectivity index (χ3n) is 5.30. The normalized spacial score (nSPS) is 19.1. The van der Waals surface area contributed by atoms with Crippen molar-refractivity contribution in [3.05, 3.63) is 65.2 Å². The molecule has 0 bridgehead atoms. The summed E-state index contributed by atoms with van der Waals surface area (Å²) in [4.78, 5) is 26.3. The van der Waals surface area contributed by atoms with Gasteiger partial charge >= 0.3 is 6.09 Å². The van der Waals surface area contributed by atoms with Crippen LogP contribution in [-0.2, 0) is 29.0 Å². The summed E-state index contributed by atoms with van der Waals surface area (Å²) in [7, 11) is 0. The van der Waals surface area contributed by atoms with Crippen LogP contribution in [0.15, 0.2) is 48.5 Å². The van der Waals surface area contributed by atoms with E-state index in [1.807, 2.05) is 36.4 Å². The van der Waals surface area contributed by atoms with Crippen molar-refractivity contribution in [3.8, 4) is 0 Å². The van der Waals surface area contributed by atoms with Crippen molar-refractivity contribution in [2.75, 3.05) is 24.5 Å². The van der Waals surface area contributed by atoms with Crippen LogP contribution < -0.4 is 15.5 Å². The summed E-state index contributed by atoms with van der Waals surface area (Å²) in [6.07, 6.45) is 1.79. The zero-order valence-electron chi connectivity index (χ0n) is 15.8. The summed E-state index contributed by atoms with van der Waals surface area (Å²) < 4.78 is 5.27. The summed E-state index contributed by atoms with van der Waals surface area (Å²) in [5.74, 6) is 0.0278. The van der Waals surface area contributed by atoms with Gasteiger partial charge in [-0.05, 0) is 54.8 Å². The molecule has 2 heterocycles. The molecule has 2 aromatic carbocycles. The molecule has 6 heteroatoms. The van der Waals surface area contributed by atoms with Gasteiger partial charge in [-0.15, -0.1) is 0 Å². The van der Waals surface area contributed by atoms with E-state index in [0.29, 0.717) is 13.0 Å². The average Bonchev–Trinajstić information content (AvgIpc) is 2.92. The highest BCUT2D eigenvalue weighted by Crippen LogP contribution is 2.26. The van der Waals surface area contributed by atoms with Crippen LogP contribution in [0, 0.1) is 0 Å². The number of fused-ring (bicyclic) bond motifs is 1. The van der Waals surface area contributed by atoms with Gasteiger partial charge in [-0.1, -0.05) is 36.4 Å². The summed E-state index contributed by atoms with van der Waals surface area (Å²) in [5.41, 5.74) is 4.49. The Balaban J connectivity index is 1.35. The van der Waals surface area contributed by atoms with Gasteiger partial charge in [-0.3, -0.25) is 4.79 Å². The van der Waals surface area contributed by atoms with Gasteiger partial charge in [0.25, 0.3) is 0 Å². The lowest BCUT2D eigenvalue weighted by molar-refractivity contribution is -0.117. The van der Waals surface area contributed by atoms with Crippen molar-refractivity contribution in [1.29, 1.82) is 0 Å². The Morgan fingerprint density at radius 3 is 2.71 bits per heavy atom. The van der Waals surface area contributed by atoms with Gasteiger partial charge in [0.15, 0.2) is 0 Å². The largest absolute Gasteiger partial charge is 0.445 e. The van der Waals surface area contributed by atoms with Crippen LogP contribution in [0.25, 0.3) is 0 Å². The molecule has 0 aromatic heterocycles. The molecule has 6 nitrogen and oxygen atoms in total. The minimum Gasteiger partial charge on any atom is -0.445 e. The second-order valence-corrected chi connectivity index (χ2v) is 7.31. The number of alkyl carbamates (subject to hydrolysis) is 1. The molecule has 1 unspecified atom stereocenters. The molecule has 2 aliphatic rings. The van der Waals surface area contributed by atoms with E-state index in [4.69, 9.17) is 4.74 Å². The van der Waals surface area contributed by atoms with Crippen LogP contribution in [0.5, 0.6) is 0 Å². The molecular formula is C22H25N3O3. The fourth-order valence-corrected chi connectivity index (χ4v) is 3.81. The number of carbonyl (C=O) groups is 2. The van der Waals surface area contributed by atoms with E-state index in [1.54, 1.807) is 4.90 Å². The lowest BCUT2D eigenvalue weighted by Gasteiger charge is -2.19. The molecule has 1 atom stereocenters. The third-order valence-corrected chi connectivity index (χ3v) is 5.30.